The van der Waals surface area contributed by atoms with E-state index in [1.807, 2.05) is 18.2 Å². The number of hydrogen-bond donors (Lipinski definition) is 3. The fraction of sp³-hybridized carbons (Fsp3) is 0.429. The van der Waals surface area contributed by atoms with Crippen LogP contribution in [0.2, 0.25) is 0 Å². The van der Waals surface area contributed by atoms with Gasteiger partial charge in [0.15, 0.2) is 0 Å². The highest BCUT2D eigenvalue weighted by Gasteiger charge is 2.19. The van der Waals surface area contributed by atoms with Gasteiger partial charge in [0.25, 0.3) is 0 Å². The first-order chi connectivity index (χ1) is 9.13. The van der Waals surface area contributed by atoms with Crippen molar-refractivity contribution < 1.29 is 14.7 Å². The summed E-state index contributed by atoms with van der Waals surface area (Å²) < 4.78 is 0. The molecule has 1 aliphatic rings. The number of anilines is 1. The van der Waals surface area contributed by atoms with Gasteiger partial charge in [0.2, 0.25) is 0 Å². The van der Waals surface area contributed by atoms with Gasteiger partial charge in [-0.3, -0.25) is 4.79 Å². The van der Waals surface area contributed by atoms with E-state index in [0.29, 0.717) is 18.2 Å². The summed E-state index contributed by atoms with van der Waals surface area (Å²) in [6.07, 6.45) is 3.83. The maximum atomic E-state index is 11.7. The Morgan fingerprint density at radius 1 is 1.32 bits per heavy atom. The van der Waals surface area contributed by atoms with E-state index in [0.717, 1.165) is 18.4 Å². The predicted molar refractivity (Wildman–Crippen MR) is 72.2 cm³/mol. The number of aryl methyl sites for hydroxylation is 1. The maximum absolute atomic E-state index is 11.7. The number of carbonyl (C=O) groups excluding carboxylic acids is 1. The Morgan fingerprint density at radius 3 is 2.74 bits per heavy atom. The standard InChI is InChI=1S/C14H18N2O3/c17-13(18)8-7-10-3-1-6-12(9-10)16-14(19)15-11-4-2-5-11/h1,3,6,9,11H,2,4-5,7-8H2,(H,17,18)(H2,15,16,19). The molecule has 0 radical (unpaired) electrons. The molecule has 1 aromatic carbocycles. The molecule has 0 spiro atoms. The van der Waals surface area contributed by atoms with Gasteiger partial charge in [0.05, 0.1) is 0 Å². The number of carbonyl (C=O) groups is 2. The molecule has 2 amide bonds. The second-order valence-corrected chi connectivity index (χ2v) is 4.82. The summed E-state index contributed by atoms with van der Waals surface area (Å²) in [5.41, 5.74) is 1.60. The molecule has 0 aliphatic heterocycles. The van der Waals surface area contributed by atoms with Crippen LogP contribution in [-0.4, -0.2) is 23.1 Å². The molecular formula is C14H18N2O3. The fourth-order valence-corrected chi connectivity index (χ4v) is 1.96. The molecule has 5 heteroatoms. The second-order valence-electron chi connectivity index (χ2n) is 4.82. The van der Waals surface area contributed by atoms with Crippen molar-refractivity contribution in [2.75, 3.05) is 5.32 Å². The maximum Gasteiger partial charge on any atom is 0.319 e. The molecule has 1 aromatic rings. The monoisotopic (exact) mass is 262 g/mol. The van der Waals surface area contributed by atoms with Gasteiger partial charge in [-0.05, 0) is 43.4 Å². The average molecular weight is 262 g/mol. The van der Waals surface area contributed by atoms with Crippen LogP contribution in [0.4, 0.5) is 10.5 Å². The molecule has 2 rings (SSSR count). The minimum absolute atomic E-state index is 0.0950. The number of benzene rings is 1. The molecule has 0 aromatic heterocycles. The van der Waals surface area contributed by atoms with Crippen LogP contribution in [0.25, 0.3) is 0 Å². The Morgan fingerprint density at radius 2 is 2.11 bits per heavy atom. The van der Waals surface area contributed by atoms with Gasteiger partial charge in [-0.15, -0.1) is 0 Å². The molecule has 0 saturated heterocycles. The molecule has 19 heavy (non-hydrogen) atoms. The van der Waals surface area contributed by atoms with Crippen LogP contribution >= 0.6 is 0 Å². The summed E-state index contributed by atoms with van der Waals surface area (Å²) >= 11 is 0. The number of nitrogens with one attached hydrogen (secondary N) is 2. The molecule has 102 valence electrons. The molecule has 0 unspecified atom stereocenters. The lowest BCUT2D eigenvalue weighted by molar-refractivity contribution is -0.136. The Bertz CT molecular complexity index is 470. The van der Waals surface area contributed by atoms with Gasteiger partial charge < -0.3 is 15.7 Å². The lowest BCUT2D eigenvalue weighted by atomic mass is 9.93. The normalized spacial score (nSPS) is 14.5. The first-order valence-corrected chi connectivity index (χ1v) is 6.52. The highest BCUT2D eigenvalue weighted by Crippen LogP contribution is 2.18. The van der Waals surface area contributed by atoms with Crippen LogP contribution in [0.1, 0.15) is 31.2 Å². The molecule has 0 bridgehead atoms. The largest absolute Gasteiger partial charge is 0.481 e. The van der Waals surface area contributed by atoms with Crippen LogP contribution in [-0.2, 0) is 11.2 Å². The number of amides is 2. The highest BCUT2D eigenvalue weighted by molar-refractivity contribution is 5.89. The molecule has 1 saturated carbocycles. The van der Waals surface area contributed by atoms with E-state index >= 15 is 0 Å². The Hall–Kier alpha value is -2.04. The number of carboxylic acid groups (broad SMARTS) is 1. The summed E-state index contributed by atoms with van der Waals surface area (Å²) in [7, 11) is 0. The van der Waals surface area contributed by atoms with E-state index in [4.69, 9.17) is 5.11 Å². The topological polar surface area (TPSA) is 78.4 Å². The summed E-state index contributed by atoms with van der Waals surface area (Å²) in [5, 5.41) is 14.3. The first-order valence-electron chi connectivity index (χ1n) is 6.52. The fourth-order valence-electron chi connectivity index (χ4n) is 1.96. The summed E-state index contributed by atoms with van der Waals surface area (Å²) in [4.78, 5) is 22.2. The molecule has 3 N–H and O–H groups in total. The first kappa shape index (κ1) is 13.4. The Kier molecular flexibility index (Phi) is 4.39. The summed E-state index contributed by atoms with van der Waals surface area (Å²) in [6, 6.07) is 7.39. The van der Waals surface area contributed by atoms with Gasteiger partial charge in [0.1, 0.15) is 0 Å². The Balaban J connectivity index is 1.86. The minimum atomic E-state index is -0.818. The van der Waals surface area contributed by atoms with E-state index in [9.17, 15) is 9.59 Å². The smallest absolute Gasteiger partial charge is 0.319 e. The van der Waals surface area contributed by atoms with Crippen LogP contribution in [0.3, 0.4) is 0 Å². The zero-order valence-corrected chi connectivity index (χ0v) is 10.7. The van der Waals surface area contributed by atoms with Gasteiger partial charge in [-0.25, -0.2) is 4.79 Å². The van der Waals surface area contributed by atoms with E-state index in [2.05, 4.69) is 10.6 Å². The van der Waals surface area contributed by atoms with Crippen LogP contribution in [0.15, 0.2) is 24.3 Å². The number of carboxylic acids is 1. The van der Waals surface area contributed by atoms with Gasteiger partial charge in [0, 0.05) is 18.2 Å². The van der Waals surface area contributed by atoms with Gasteiger partial charge in [-0.2, -0.15) is 0 Å². The van der Waals surface area contributed by atoms with E-state index in [-0.39, 0.29) is 12.5 Å². The molecular weight excluding hydrogens is 244 g/mol. The van der Waals surface area contributed by atoms with Crippen molar-refractivity contribution in [3.63, 3.8) is 0 Å². The van der Waals surface area contributed by atoms with Crippen molar-refractivity contribution >= 4 is 17.7 Å². The second kappa shape index (κ2) is 6.22. The van der Waals surface area contributed by atoms with Gasteiger partial charge in [-0.1, -0.05) is 12.1 Å². The third-order valence-corrected chi connectivity index (χ3v) is 3.25. The SMILES string of the molecule is O=C(O)CCc1cccc(NC(=O)NC2CCC2)c1. The molecule has 1 fully saturated rings. The van der Waals surface area contributed by atoms with Crippen molar-refractivity contribution in [2.45, 2.75) is 38.1 Å². The third-order valence-electron chi connectivity index (χ3n) is 3.25. The number of urea groups is 1. The zero-order valence-electron chi connectivity index (χ0n) is 10.7. The molecule has 1 aliphatic carbocycles. The van der Waals surface area contributed by atoms with Crippen LogP contribution in [0.5, 0.6) is 0 Å². The molecule has 0 heterocycles. The summed E-state index contributed by atoms with van der Waals surface area (Å²) in [6.45, 7) is 0. The average Bonchev–Trinajstić information content (AvgIpc) is 2.32. The van der Waals surface area contributed by atoms with Gasteiger partial charge >= 0.3 is 12.0 Å². The number of rotatable bonds is 5. The lowest BCUT2D eigenvalue weighted by Crippen LogP contribution is -2.41. The minimum Gasteiger partial charge on any atom is -0.481 e. The van der Waals surface area contributed by atoms with Crippen LogP contribution < -0.4 is 10.6 Å². The van der Waals surface area contributed by atoms with E-state index < -0.39 is 5.97 Å². The quantitative estimate of drug-likeness (QED) is 0.762. The highest BCUT2D eigenvalue weighted by atomic mass is 16.4. The van der Waals surface area contributed by atoms with Crippen molar-refractivity contribution in [3.8, 4) is 0 Å². The van der Waals surface area contributed by atoms with Crippen molar-refractivity contribution in [1.29, 1.82) is 0 Å². The number of hydrogen-bond acceptors (Lipinski definition) is 2. The number of aliphatic carboxylic acids is 1. The predicted octanol–water partition coefficient (Wildman–Crippen LogP) is 2.38. The van der Waals surface area contributed by atoms with E-state index in [1.165, 1.54) is 6.42 Å². The molecule has 5 nitrogen and oxygen atoms in total. The zero-order chi connectivity index (χ0) is 13.7. The van der Waals surface area contributed by atoms with Crippen molar-refractivity contribution in [1.82, 2.24) is 5.32 Å². The Labute approximate surface area is 112 Å². The van der Waals surface area contributed by atoms with E-state index in [1.54, 1.807) is 6.07 Å². The van der Waals surface area contributed by atoms with Crippen molar-refractivity contribution in [2.24, 2.45) is 0 Å². The summed E-state index contributed by atoms with van der Waals surface area (Å²) in [5.74, 6) is -0.818. The lowest BCUT2D eigenvalue weighted by Gasteiger charge is -2.26. The van der Waals surface area contributed by atoms with Crippen LogP contribution in [0, 0.1) is 0 Å². The van der Waals surface area contributed by atoms with Crippen molar-refractivity contribution in [3.05, 3.63) is 29.8 Å². The molecule has 0 atom stereocenters. The third kappa shape index (κ3) is 4.28.